The molecule has 1 aliphatic heterocycles. The SMILES string of the molecule is CC(C)OC(=O)NC1(C)CSSC1. The highest BCUT2D eigenvalue weighted by Crippen LogP contribution is 2.37. The van der Waals surface area contributed by atoms with Crippen LogP contribution >= 0.6 is 21.6 Å². The van der Waals surface area contributed by atoms with Gasteiger partial charge in [-0.3, -0.25) is 0 Å². The Labute approximate surface area is 86.8 Å². The molecule has 1 saturated heterocycles. The van der Waals surface area contributed by atoms with E-state index in [1.54, 1.807) is 21.6 Å². The molecular formula is C8H15NO2S2. The van der Waals surface area contributed by atoms with Crippen molar-refractivity contribution < 1.29 is 9.53 Å². The van der Waals surface area contributed by atoms with Crippen molar-refractivity contribution >= 4 is 27.7 Å². The fourth-order valence-corrected chi connectivity index (χ4v) is 4.17. The number of nitrogens with one attached hydrogen (secondary N) is 1. The predicted octanol–water partition coefficient (Wildman–Crippen LogP) is 2.27. The van der Waals surface area contributed by atoms with Gasteiger partial charge in [0.05, 0.1) is 11.6 Å². The van der Waals surface area contributed by atoms with Crippen LogP contribution in [0.1, 0.15) is 20.8 Å². The van der Waals surface area contributed by atoms with E-state index in [4.69, 9.17) is 4.74 Å². The van der Waals surface area contributed by atoms with E-state index >= 15 is 0 Å². The summed E-state index contributed by atoms with van der Waals surface area (Å²) in [7, 11) is 3.58. The lowest BCUT2D eigenvalue weighted by Crippen LogP contribution is -2.48. The van der Waals surface area contributed by atoms with Crippen LogP contribution in [-0.4, -0.2) is 29.2 Å². The number of rotatable bonds is 2. The van der Waals surface area contributed by atoms with Crippen LogP contribution in [0.15, 0.2) is 0 Å². The molecule has 0 aromatic carbocycles. The first-order valence-corrected chi connectivity index (χ1v) is 6.74. The number of ether oxygens (including phenoxy) is 1. The summed E-state index contributed by atoms with van der Waals surface area (Å²) in [6.07, 6.45) is -0.356. The minimum Gasteiger partial charge on any atom is -0.447 e. The zero-order chi connectivity index (χ0) is 9.90. The monoisotopic (exact) mass is 221 g/mol. The summed E-state index contributed by atoms with van der Waals surface area (Å²) >= 11 is 0. The molecule has 1 amide bonds. The van der Waals surface area contributed by atoms with Crippen molar-refractivity contribution in [3.05, 3.63) is 0 Å². The fourth-order valence-electron chi connectivity index (χ4n) is 0.947. The maximum Gasteiger partial charge on any atom is 0.407 e. The summed E-state index contributed by atoms with van der Waals surface area (Å²) in [6, 6.07) is 0. The molecule has 0 radical (unpaired) electrons. The van der Waals surface area contributed by atoms with Crippen LogP contribution < -0.4 is 5.32 Å². The first-order chi connectivity index (χ1) is 6.02. The molecule has 0 saturated carbocycles. The van der Waals surface area contributed by atoms with Crippen LogP contribution in [-0.2, 0) is 4.74 Å². The van der Waals surface area contributed by atoms with Gasteiger partial charge >= 0.3 is 6.09 Å². The zero-order valence-electron chi connectivity index (χ0n) is 8.12. The molecule has 1 fully saturated rings. The topological polar surface area (TPSA) is 38.3 Å². The molecule has 13 heavy (non-hydrogen) atoms. The lowest BCUT2D eigenvalue weighted by Gasteiger charge is -2.23. The average Bonchev–Trinajstić information content (AvgIpc) is 2.33. The molecule has 3 nitrogen and oxygen atoms in total. The van der Waals surface area contributed by atoms with Gasteiger partial charge in [0.25, 0.3) is 0 Å². The number of carbonyl (C=O) groups is 1. The highest BCUT2D eigenvalue weighted by molar-refractivity contribution is 8.77. The van der Waals surface area contributed by atoms with Crippen molar-refractivity contribution in [2.45, 2.75) is 32.4 Å². The first-order valence-electron chi connectivity index (χ1n) is 4.25. The smallest absolute Gasteiger partial charge is 0.407 e. The molecular weight excluding hydrogens is 206 g/mol. The zero-order valence-corrected chi connectivity index (χ0v) is 9.76. The van der Waals surface area contributed by atoms with Crippen LogP contribution in [0.2, 0.25) is 0 Å². The summed E-state index contributed by atoms with van der Waals surface area (Å²) in [5, 5.41) is 2.88. The van der Waals surface area contributed by atoms with E-state index in [0.29, 0.717) is 0 Å². The van der Waals surface area contributed by atoms with Crippen LogP contribution in [0, 0.1) is 0 Å². The van der Waals surface area contributed by atoms with Crippen molar-refractivity contribution in [1.29, 1.82) is 0 Å². The number of carbonyl (C=O) groups excluding carboxylic acids is 1. The molecule has 0 atom stereocenters. The van der Waals surface area contributed by atoms with E-state index in [2.05, 4.69) is 5.32 Å². The van der Waals surface area contributed by atoms with Crippen molar-refractivity contribution in [2.75, 3.05) is 11.5 Å². The van der Waals surface area contributed by atoms with Gasteiger partial charge in [0.1, 0.15) is 0 Å². The molecule has 0 aromatic heterocycles. The molecule has 1 aliphatic rings. The Kier molecular flexibility index (Phi) is 3.79. The van der Waals surface area contributed by atoms with E-state index in [9.17, 15) is 4.79 Å². The molecule has 0 bridgehead atoms. The molecule has 0 spiro atoms. The Bertz CT molecular complexity index is 191. The Hall–Kier alpha value is -0.0300. The van der Waals surface area contributed by atoms with Crippen LogP contribution in [0.3, 0.4) is 0 Å². The lowest BCUT2D eigenvalue weighted by molar-refractivity contribution is 0.109. The fraction of sp³-hybridized carbons (Fsp3) is 0.875. The Morgan fingerprint density at radius 2 is 2.00 bits per heavy atom. The number of alkyl carbamates (subject to hydrolysis) is 1. The molecule has 1 N–H and O–H groups in total. The van der Waals surface area contributed by atoms with E-state index in [1.807, 2.05) is 20.8 Å². The standard InChI is InChI=1S/C8H15NO2S2/c1-6(2)11-7(10)9-8(3)4-12-13-5-8/h6H,4-5H2,1-3H3,(H,9,10). The van der Waals surface area contributed by atoms with Gasteiger partial charge in [0.15, 0.2) is 0 Å². The van der Waals surface area contributed by atoms with Gasteiger partial charge in [-0.1, -0.05) is 21.6 Å². The normalized spacial score (nSPS) is 20.3. The second-order valence-electron chi connectivity index (χ2n) is 3.66. The van der Waals surface area contributed by atoms with Crippen molar-refractivity contribution in [1.82, 2.24) is 5.32 Å². The van der Waals surface area contributed by atoms with Gasteiger partial charge in [-0.2, -0.15) is 0 Å². The second kappa shape index (κ2) is 4.46. The van der Waals surface area contributed by atoms with Crippen LogP contribution in [0.4, 0.5) is 4.79 Å². The number of hydrogen-bond donors (Lipinski definition) is 1. The van der Waals surface area contributed by atoms with E-state index in [0.717, 1.165) is 11.5 Å². The summed E-state index contributed by atoms with van der Waals surface area (Å²) < 4.78 is 5.01. The first kappa shape index (κ1) is 11.0. The number of amides is 1. The van der Waals surface area contributed by atoms with Gasteiger partial charge in [-0.25, -0.2) is 4.79 Å². The third kappa shape index (κ3) is 3.68. The number of hydrogen-bond acceptors (Lipinski definition) is 4. The molecule has 76 valence electrons. The minimum atomic E-state index is -0.305. The quantitative estimate of drug-likeness (QED) is 0.726. The Morgan fingerprint density at radius 3 is 2.46 bits per heavy atom. The molecule has 0 aliphatic carbocycles. The molecule has 0 aromatic rings. The maximum absolute atomic E-state index is 11.3. The summed E-state index contributed by atoms with van der Waals surface area (Å²) in [6.45, 7) is 5.74. The predicted molar refractivity (Wildman–Crippen MR) is 58.1 cm³/mol. The average molecular weight is 221 g/mol. The third-order valence-corrected chi connectivity index (χ3v) is 4.47. The van der Waals surface area contributed by atoms with Crippen molar-refractivity contribution in [3.8, 4) is 0 Å². The maximum atomic E-state index is 11.3. The highest BCUT2D eigenvalue weighted by Gasteiger charge is 2.32. The highest BCUT2D eigenvalue weighted by atomic mass is 33.1. The van der Waals surface area contributed by atoms with Crippen molar-refractivity contribution in [3.63, 3.8) is 0 Å². The van der Waals surface area contributed by atoms with Gasteiger partial charge in [-0.05, 0) is 20.8 Å². The van der Waals surface area contributed by atoms with Crippen LogP contribution in [0.25, 0.3) is 0 Å². The molecule has 5 heteroatoms. The van der Waals surface area contributed by atoms with Gasteiger partial charge in [0, 0.05) is 11.5 Å². The Balaban J connectivity index is 2.34. The largest absolute Gasteiger partial charge is 0.447 e. The summed E-state index contributed by atoms with van der Waals surface area (Å²) in [4.78, 5) is 11.3. The molecule has 1 rings (SSSR count). The minimum absolute atomic E-state index is 0.0506. The van der Waals surface area contributed by atoms with E-state index < -0.39 is 0 Å². The molecule has 0 unspecified atom stereocenters. The van der Waals surface area contributed by atoms with Gasteiger partial charge in [-0.15, -0.1) is 0 Å². The van der Waals surface area contributed by atoms with E-state index in [-0.39, 0.29) is 17.7 Å². The summed E-state index contributed by atoms with van der Waals surface area (Å²) in [5.74, 6) is 1.90. The van der Waals surface area contributed by atoms with Gasteiger partial charge in [0.2, 0.25) is 0 Å². The summed E-state index contributed by atoms with van der Waals surface area (Å²) in [5.41, 5.74) is -0.0959. The van der Waals surface area contributed by atoms with Crippen molar-refractivity contribution in [2.24, 2.45) is 0 Å². The van der Waals surface area contributed by atoms with Gasteiger partial charge < -0.3 is 10.1 Å². The second-order valence-corrected chi connectivity index (χ2v) is 6.13. The third-order valence-electron chi connectivity index (χ3n) is 1.58. The van der Waals surface area contributed by atoms with E-state index in [1.165, 1.54) is 0 Å². The van der Waals surface area contributed by atoms with Crippen LogP contribution in [0.5, 0.6) is 0 Å². The Morgan fingerprint density at radius 1 is 1.46 bits per heavy atom. The lowest BCUT2D eigenvalue weighted by atomic mass is 10.1. The molecule has 1 heterocycles.